The normalized spacial score (nSPS) is 13.9. The smallest absolute Gasteiger partial charge is 0.331 e. The van der Waals surface area contributed by atoms with Gasteiger partial charge in [0.1, 0.15) is 12.4 Å². The predicted molar refractivity (Wildman–Crippen MR) is 120 cm³/mol. The standard InChI is InChI=1S/C24H25FN4O3/c1-18-3-2-4-21(15-18)26-11-13-27(14-12-26)23(31)17-29-22(30)9-10-28(24(29)32)16-19-5-7-20(25)8-6-19/h2-10,15H,11-14,16-17H2,1H3. The summed E-state index contributed by atoms with van der Waals surface area (Å²) in [5.74, 6) is -0.619. The third-order valence-electron chi connectivity index (χ3n) is 5.70. The van der Waals surface area contributed by atoms with Crippen LogP contribution in [0, 0.1) is 12.7 Å². The van der Waals surface area contributed by atoms with E-state index in [4.69, 9.17) is 0 Å². The fraction of sp³-hybridized carbons (Fsp3) is 0.292. The fourth-order valence-corrected chi connectivity index (χ4v) is 3.88. The number of piperazine rings is 1. The van der Waals surface area contributed by atoms with E-state index in [1.54, 1.807) is 17.0 Å². The van der Waals surface area contributed by atoms with Gasteiger partial charge >= 0.3 is 5.69 Å². The zero-order valence-electron chi connectivity index (χ0n) is 17.9. The molecule has 1 aliphatic heterocycles. The van der Waals surface area contributed by atoms with E-state index in [0.717, 1.165) is 15.8 Å². The second-order valence-electron chi connectivity index (χ2n) is 7.98. The maximum Gasteiger partial charge on any atom is 0.331 e. The van der Waals surface area contributed by atoms with Crippen molar-refractivity contribution in [1.29, 1.82) is 0 Å². The molecule has 1 aromatic heterocycles. The van der Waals surface area contributed by atoms with Crippen molar-refractivity contribution in [2.24, 2.45) is 0 Å². The van der Waals surface area contributed by atoms with Gasteiger partial charge in [0.25, 0.3) is 5.56 Å². The molecule has 0 radical (unpaired) electrons. The van der Waals surface area contributed by atoms with Gasteiger partial charge in [0.05, 0.1) is 6.54 Å². The van der Waals surface area contributed by atoms with Crippen LogP contribution in [0.5, 0.6) is 0 Å². The van der Waals surface area contributed by atoms with Crippen molar-refractivity contribution in [3.8, 4) is 0 Å². The van der Waals surface area contributed by atoms with Crippen LogP contribution in [0.25, 0.3) is 0 Å². The number of anilines is 1. The van der Waals surface area contributed by atoms with Gasteiger partial charge in [0, 0.05) is 44.1 Å². The molecule has 32 heavy (non-hydrogen) atoms. The van der Waals surface area contributed by atoms with Crippen LogP contribution >= 0.6 is 0 Å². The second-order valence-corrected chi connectivity index (χ2v) is 7.98. The molecule has 3 aromatic rings. The Labute approximate surface area is 184 Å². The first-order valence-corrected chi connectivity index (χ1v) is 10.5. The summed E-state index contributed by atoms with van der Waals surface area (Å²) in [5.41, 5.74) is 1.95. The van der Waals surface area contributed by atoms with Crippen LogP contribution in [0.1, 0.15) is 11.1 Å². The molecule has 2 aromatic carbocycles. The summed E-state index contributed by atoms with van der Waals surface area (Å²) < 4.78 is 15.4. The number of aryl methyl sites for hydroxylation is 1. The van der Waals surface area contributed by atoms with Crippen LogP contribution in [-0.2, 0) is 17.9 Å². The van der Waals surface area contributed by atoms with Crippen LogP contribution < -0.4 is 16.1 Å². The maximum absolute atomic E-state index is 13.1. The first-order valence-electron chi connectivity index (χ1n) is 10.5. The minimum absolute atomic E-state index is 0.183. The van der Waals surface area contributed by atoms with Gasteiger partial charge in [-0.3, -0.25) is 18.7 Å². The van der Waals surface area contributed by atoms with Crippen molar-refractivity contribution >= 4 is 11.6 Å². The summed E-state index contributed by atoms with van der Waals surface area (Å²) in [6.07, 6.45) is 1.40. The van der Waals surface area contributed by atoms with E-state index in [-0.39, 0.29) is 24.8 Å². The summed E-state index contributed by atoms with van der Waals surface area (Å²) in [5, 5.41) is 0. The minimum Gasteiger partial charge on any atom is -0.368 e. The number of hydrogen-bond donors (Lipinski definition) is 0. The first-order chi connectivity index (χ1) is 15.4. The van der Waals surface area contributed by atoms with Crippen LogP contribution in [-0.4, -0.2) is 46.1 Å². The second kappa shape index (κ2) is 9.21. The quantitative estimate of drug-likeness (QED) is 0.612. The molecule has 0 bridgehead atoms. The van der Waals surface area contributed by atoms with Gasteiger partial charge in [-0.05, 0) is 42.3 Å². The molecule has 166 valence electrons. The molecule has 0 atom stereocenters. The zero-order valence-corrected chi connectivity index (χ0v) is 17.9. The molecule has 0 aliphatic carbocycles. The van der Waals surface area contributed by atoms with Crippen LogP contribution in [0.4, 0.5) is 10.1 Å². The van der Waals surface area contributed by atoms with E-state index in [9.17, 15) is 18.8 Å². The molecular weight excluding hydrogens is 411 g/mol. The summed E-state index contributed by atoms with van der Waals surface area (Å²) in [6, 6.07) is 15.3. The number of halogens is 1. The van der Waals surface area contributed by atoms with Gasteiger partial charge < -0.3 is 9.80 Å². The van der Waals surface area contributed by atoms with Crippen molar-refractivity contribution in [2.75, 3.05) is 31.1 Å². The molecule has 0 spiro atoms. The van der Waals surface area contributed by atoms with E-state index in [2.05, 4.69) is 17.0 Å². The Bertz CT molecular complexity index is 1220. The molecule has 0 unspecified atom stereocenters. The fourth-order valence-electron chi connectivity index (χ4n) is 3.88. The van der Waals surface area contributed by atoms with Crippen molar-refractivity contribution in [1.82, 2.24) is 14.0 Å². The highest BCUT2D eigenvalue weighted by Gasteiger charge is 2.22. The highest BCUT2D eigenvalue weighted by Crippen LogP contribution is 2.17. The first kappa shape index (κ1) is 21.5. The molecule has 8 heteroatoms. The Morgan fingerprint density at radius 3 is 2.38 bits per heavy atom. The summed E-state index contributed by atoms with van der Waals surface area (Å²) in [4.78, 5) is 41.9. The molecule has 1 amide bonds. The molecule has 1 aliphatic rings. The SMILES string of the molecule is Cc1cccc(N2CCN(C(=O)Cn3c(=O)ccn(Cc4ccc(F)cc4)c3=O)CC2)c1. The summed E-state index contributed by atoms with van der Waals surface area (Å²) in [6.45, 7) is 4.36. The lowest BCUT2D eigenvalue weighted by Crippen LogP contribution is -2.51. The number of carbonyl (C=O) groups excluding carboxylic acids is 1. The van der Waals surface area contributed by atoms with E-state index < -0.39 is 11.2 Å². The number of carbonyl (C=O) groups is 1. The number of amides is 1. The topological polar surface area (TPSA) is 67.5 Å². The number of aromatic nitrogens is 2. The van der Waals surface area contributed by atoms with Crippen molar-refractivity contribution < 1.29 is 9.18 Å². The number of rotatable bonds is 5. The molecule has 0 N–H and O–H groups in total. The van der Waals surface area contributed by atoms with Gasteiger partial charge in [-0.1, -0.05) is 24.3 Å². The third-order valence-corrected chi connectivity index (χ3v) is 5.70. The summed E-state index contributed by atoms with van der Waals surface area (Å²) >= 11 is 0. The molecule has 1 fully saturated rings. The largest absolute Gasteiger partial charge is 0.368 e. The summed E-state index contributed by atoms with van der Waals surface area (Å²) in [7, 11) is 0. The lowest BCUT2D eigenvalue weighted by atomic mass is 10.2. The highest BCUT2D eigenvalue weighted by atomic mass is 19.1. The van der Waals surface area contributed by atoms with Crippen molar-refractivity contribution in [2.45, 2.75) is 20.0 Å². The molecule has 7 nitrogen and oxygen atoms in total. The van der Waals surface area contributed by atoms with Crippen molar-refractivity contribution in [3.05, 3.63) is 98.6 Å². The maximum atomic E-state index is 13.1. The average molecular weight is 436 g/mol. The Hall–Kier alpha value is -3.68. The Morgan fingerprint density at radius 2 is 1.69 bits per heavy atom. The van der Waals surface area contributed by atoms with Crippen molar-refractivity contribution in [3.63, 3.8) is 0 Å². The zero-order chi connectivity index (χ0) is 22.7. The number of nitrogens with zero attached hydrogens (tertiary/aromatic N) is 4. The third kappa shape index (κ3) is 4.80. The average Bonchev–Trinajstić information content (AvgIpc) is 2.80. The lowest BCUT2D eigenvalue weighted by Gasteiger charge is -2.36. The minimum atomic E-state index is -0.562. The lowest BCUT2D eigenvalue weighted by molar-refractivity contribution is -0.132. The van der Waals surface area contributed by atoms with Gasteiger partial charge in [-0.25, -0.2) is 9.18 Å². The van der Waals surface area contributed by atoms with E-state index in [0.29, 0.717) is 26.2 Å². The van der Waals surface area contributed by atoms with Gasteiger partial charge in [0.2, 0.25) is 5.91 Å². The molecule has 1 saturated heterocycles. The van der Waals surface area contributed by atoms with Gasteiger partial charge in [0.15, 0.2) is 0 Å². The number of hydrogen-bond acceptors (Lipinski definition) is 4. The Morgan fingerprint density at radius 1 is 0.969 bits per heavy atom. The monoisotopic (exact) mass is 436 g/mol. The van der Waals surface area contributed by atoms with Gasteiger partial charge in [-0.2, -0.15) is 0 Å². The van der Waals surface area contributed by atoms with E-state index >= 15 is 0 Å². The highest BCUT2D eigenvalue weighted by molar-refractivity contribution is 5.76. The van der Waals surface area contributed by atoms with Crippen LogP contribution in [0.2, 0.25) is 0 Å². The number of benzene rings is 2. The van der Waals surface area contributed by atoms with E-state index in [1.807, 2.05) is 19.1 Å². The van der Waals surface area contributed by atoms with E-state index in [1.165, 1.54) is 34.5 Å². The molecule has 4 rings (SSSR count). The Balaban J connectivity index is 1.43. The molecule has 0 saturated carbocycles. The predicted octanol–water partition coefficient (Wildman–Crippen LogP) is 1.85. The Kier molecular flexibility index (Phi) is 6.20. The molecular formula is C24H25FN4O3. The van der Waals surface area contributed by atoms with Crippen LogP contribution in [0.15, 0.2) is 70.4 Å². The van der Waals surface area contributed by atoms with Gasteiger partial charge in [-0.15, -0.1) is 0 Å². The van der Waals surface area contributed by atoms with Crippen LogP contribution in [0.3, 0.4) is 0 Å². The molecule has 2 heterocycles.